The van der Waals surface area contributed by atoms with Crippen LogP contribution in [0.15, 0.2) is 36.4 Å². The van der Waals surface area contributed by atoms with Gasteiger partial charge in [-0.2, -0.15) is 5.26 Å². The minimum Gasteiger partial charge on any atom is -0.376 e. The molecule has 0 radical (unpaired) electrons. The van der Waals surface area contributed by atoms with Crippen LogP contribution in [0.5, 0.6) is 0 Å². The Labute approximate surface area is 110 Å². The average molecular weight is 258 g/mol. The second-order valence-corrected chi connectivity index (χ2v) is 4.27. The van der Waals surface area contributed by atoms with Gasteiger partial charge in [0, 0.05) is 6.54 Å². The number of nitrogens with zero attached hydrogens (tertiary/aromatic N) is 1. The molecule has 0 heterocycles. The minimum atomic E-state index is -0.760. The molecule has 96 valence electrons. The lowest BCUT2D eigenvalue weighted by Crippen LogP contribution is -2.04. The van der Waals surface area contributed by atoms with Gasteiger partial charge in [-0.1, -0.05) is 29.8 Å². The summed E-state index contributed by atoms with van der Waals surface area (Å²) >= 11 is 0. The van der Waals surface area contributed by atoms with Crippen LogP contribution in [0.4, 0.5) is 14.5 Å². The molecule has 0 bridgehead atoms. The van der Waals surface area contributed by atoms with E-state index in [4.69, 9.17) is 5.26 Å². The van der Waals surface area contributed by atoms with Gasteiger partial charge in [0.05, 0.1) is 11.6 Å². The summed E-state index contributed by atoms with van der Waals surface area (Å²) in [7, 11) is 0. The number of anilines is 1. The SMILES string of the molecule is Cc1ccc(CNc2c(F)cc(C#N)cc2F)cc1. The van der Waals surface area contributed by atoms with Crippen molar-refractivity contribution in [3.8, 4) is 6.07 Å². The Morgan fingerprint density at radius 2 is 1.68 bits per heavy atom. The van der Waals surface area contributed by atoms with Crippen LogP contribution < -0.4 is 5.32 Å². The summed E-state index contributed by atoms with van der Waals surface area (Å²) in [5.74, 6) is -1.52. The van der Waals surface area contributed by atoms with Gasteiger partial charge in [-0.05, 0) is 24.6 Å². The van der Waals surface area contributed by atoms with Gasteiger partial charge in [0.2, 0.25) is 0 Å². The van der Waals surface area contributed by atoms with Gasteiger partial charge < -0.3 is 5.32 Å². The third kappa shape index (κ3) is 3.08. The molecule has 0 atom stereocenters. The van der Waals surface area contributed by atoms with Crippen molar-refractivity contribution in [3.63, 3.8) is 0 Å². The number of nitriles is 1. The van der Waals surface area contributed by atoms with E-state index in [1.807, 2.05) is 31.2 Å². The first-order valence-corrected chi connectivity index (χ1v) is 5.78. The first kappa shape index (κ1) is 13.0. The van der Waals surface area contributed by atoms with Crippen molar-refractivity contribution >= 4 is 5.69 Å². The van der Waals surface area contributed by atoms with E-state index in [2.05, 4.69) is 5.32 Å². The van der Waals surface area contributed by atoms with Crippen LogP contribution >= 0.6 is 0 Å². The van der Waals surface area contributed by atoms with Gasteiger partial charge in [0.1, 0.15) is 5.69 Å². The molecule has 2 nitrogen and oxygen atoms in total. The topological polar surface area (TPSA) is 35.8 Å². The molecule has 0 fully saturated rings. The molecule has 0 aliphatic rings. The van der Waals surface area contributed by atoms with E-state index in [1.165, 1.54) is 0 Å². The predicted molar refractivity (Wildman–Crippen MR) is 69.6 cm³/mol. The Hall–Kier alpha value is -2.41. The molecule has 1 N–H and O–H groups in total. The van der Waals surface area contributed by atoms with Crippen LogP contribution in [-0.2, 0) is 6.54 Å². The molecule has 0 aromatic heterocycles. The third-order valence-electron chi connectivity index (χ3n) is 2.76. The van der Waals surface area contributed by atoms with Crippen LogP contribution in [-0.4, -0.2) is 0 Å². The van der Waals surface area contributed by atoms with Crippen LogP contribution in [0, 0.1) is 29.9 Å². The highest BCUT2D eigenvalue weighted by molar-refractivity contribution is 5.50. The molecule has 0 amide bonds. The van der Waals surface area contributed by atoms with Crippen LogP contribution in [0.1, 0.15) is 16.7 Å². The molecule has 0 aliphatic heterocycles. The second kappa shape index (κ2) is 5.49. The molecule has 4 heteroatoms. The van der Waals surface area contributed by atoms with E-state index < -0.39 is 11.6 Å². The quantitative estimate of drug-likeness (QED) is 0.909. The summed E-state index contributed by atoms with van der Waals surface area (Å²) in [4.78, 5) is 0. The van der Waals surface area contributed by atoms with Crippen LogP contribution in [0.3, 0.4) is 0 Å². The van der Waals surface area contributed by atoms with Crippen LogP contribution in [0.25, 0.3) is 0 Å². The van der Waals surface area contributed by atoms with Crippen molar-refractivity contribution in [3.05, 3.63) is 64.7 Å². The smallest absolute Gasteiger partial charge is 0.150 e. The van der Waals surface area contributed by atoms with Gasteiger partial charge >= 0.3 is 0 Å². The maximum absolute atomic E-state index is 13.6. The number of halogens is 2. The standard InChI is InChI=1S/C15H12F2N2/c1-10-2-4-11(5-3-10)9-19-15-13(16)6-12(8-18)7-14(15)17/h2-7,19H,9H2,1H3. The molecule has 2 rings (SSSR count). The average Bonchev–Trinajstić information content (AvgIpc) is 2.39. The second-order valence-electron chi connectivity index (χ2n) is 4.27. The summed E-state index contributed by atoms with van der Waals surface area (Å²) in [6, 6.07) is 11.4. The number of benzene rings is 2. The van der Waals surface area contributed by atoms with E-state index in [1.54, 1.807) is 6.07 Å². The Balaban J connectivity index is 2.16. The zero-order chi connectivity index (χ0) is 13.8. The molecule has 2 aromatic rings. The highest BCUT2D eigenvalue weighted by Crippen LogP contribution is 2.21. The number of hydrogen-bond donors (Lipinski definition) is 1. The maximum Gasteiger partial charge on any atom is 0.150 e. The lowest BCUT2D eigenvalue weighted by Gasteiger charge is -2.09. The number of hydrogen-bond acceptors (Lipinski definition) is 2. The Morgan fingerprint density at radius 1 is 1.11 bits per heavy atom. The van der Waals surface area contributed by atoms with Gasteiger partial charge in [-0.25, -0.2) is 8.78 Å². The highest BCUT2D eigenvalue weighted by Gasteiger charge is 2.10. The fraction of sp³-hybridized carbons (Fsp3) is 0.133. The molecular weight excluding hydrogens is 246 g/mol. The van der Waals surface area contributed by atoms with Crippen molar-refractivity contribution in [2.45, 2.75) is 13.5 Å². The van der Waals surface area contributed by atoms with Crippen molar-refractivity contribution < 1.29 is 8.78 Å². The fourth-order valence-electron chi connectivity index (χ4n) is 1.70. The lowest BCUT2D eigenvalue weighted by molar-refractivity contribution is 0.587. The van der Waals surface area contributed by atoms with E-state index in [0.717, 1.165) is 23.3 Å². The highest BCUT2D eigenvalue weighted by atomic mass is 19.1. The molecule has 0 unspecified atom stereocenters. The van der Waals surface area contributed by atoms with Crippen molar-refractivity contribution in [2.24, 2.45) is 0 Å². The van der Waals surface area contributed by atoms with Crippen molar-refractivity contribution in [2.75, 3.05) is 5.32 Å². The molecule has 0 saturated carbocycles. The van der Waals surface area contributed by atoms with Gasteiger partial charge in [0.15, 0.2) is 11.6 Å². The Kier molecular flexibility index (Phi) is 3.76. The fourth-order valence-corrected chi connectivity index (χ4v) is 1.70. The van der Waals surface area contributed by atoms with Gasteiger partial charge in [0.25, 0.3) is 0 Å². The predicted octanol–water partition coefficient (Wildman–Crippen LogP) is 3.76. The Morgan fingerprint density at radius 3 is 2.21 bits per heavy atom. The van der Waals surface area contributed by atoms with E-state index in [0.29, 0.717) is 6.54 Å². The van der Waals surface area contributed by atoms with E-state index in [9.17, 15) is 8.78 Å². The third-order valence-corrected chi connectivity index (χ3v) is 2.76. The maximum atomic E-state index is 13.6. The normalized spacial score (nSPS) is 10.0. The molecule has 2 aromatic carbocycles. The van der Waals surface area contributed by atoms with Crippen molar-refractivity contribution in [1.29, 1.82) is 5.26 Å². The monoisotopic (exact) mass is 258 g/mol. The molecular formula is C15H12F2N2. The Bertz CT molecular complexity index is 605. The minimum absolute atomic E-state index is 0.0316. The largest absolute Gasteiger partial charge is 0.376 e. The van der Waals surface area contributed by atoms with E-state index in [-0.39, 0.29) is 11.3 Å². The first-order valence-electron chi connectivity index (χ1n) is 5.78. The summed E-state index contributed by atoms with van der Waals surface area (Å²) in [5.41, 5.74) is 1.81. The first-order chi connectivity index (χ1) is 9.10. The molecule has 0 aliphatic carbocycles. The number of rotatable bonds is 3. The summed E-state index contributed by atoms with van der Waals surface area (Å²) in [6.45, 7) is 2.29. The zero-order valence-corrected chi connectivity index (χ0v) is 10.4. The molecule has 0 spiro atoms. The lowest BCUT2D eigenvalue weighted by atomic mass is 10.1. The summed E-state index contributed by atoms with van der Waals surface area (Å²) in [6.07, 6.45) is 0. The van der Waals surface area contributed by atoms with E-state index >= 15 is 0 Å². The summed E-state index contributed by atoms with van der Waals surface area (Å²) < 4.78 is 27.2. The van der Waals surface area contributed by atoms with Crippen LogP contribution in [0.2, 0.25) is 0 Å². The molecule has 0 saturated heterocycles. The van der Waals surface area contributed by atoms with Gasteiger partial charge in [-0.15, -0.1) is 0 Å². The zero-order valence-electron chi connectivity index (χ0n) is 10.4. The summed E-state index contributed by atoms with van der Waals surface area (Å²) in [5, 5.41) is 11.3. The van der Waals surface area contributed by atoms with Crippen molar-refractivity contribution in [1.82, 2.24) is 0 Å². The number of aryl methyl sites for hydroxylation is 1. The van der Waals surface area contributed by atoms with Gasteiger partial charge in [-0.3, -0.25) is 0 Å². The molecule has 19 heavy (non-hydrogen) atoms. The number of nitrogens with one attached hydrogen (secondary N) is 1.